The quantitative estimate of drug-likeness (QED) is 0.751. The lowest BCUT2D eigenvalue weighted by Crippen LogP contribution is -2.30. The van der Waals surface area contributed by atoms with E-state index in [1.807, 2.05) is 0 Å². The molecule has 0 saturated heterocycles. The minimum atomic E-state index is -4.56. The molecule has 0 saturated carbocycles. The van der Waals surface area contributed by atoms with Crippen molar-refractivity contribution in [3.05, 3.63) is 29.6 Å². The van der Waals surface area contributed by atoms with Crippen LogP contribution in [0.15, 0.2) is 23.5 Å². The lowest BCUT2D eigenvalue weighted by molar-refractivity contribution is -0.138. The number of carbonyl (C=O) groups excluding carboxylic acids is 1. The normalized spacial score (nSPS) is 15.4. The summed E-state index contributed by atoms with van der Waals surface area (Å²) in [7, 11) is 0. The number of pyridine rings is 1. The Balaban J connectivity index is 2.38. The van der Waals surface area contributed by atoms with Crippen LogP contribution in [0.1, 0.15) is 15.9 Å². The topological polar surface area (TPSA) is 45.6 Å². The van der Waals surface area contributed by atoms with Gasteiger partial charge in [0.15, 0.2) is 0 Å². The van der Waals surface area contributed by atoms with Crippen LogP contribution in [-0.2, 0) is 6.18 Å². The second-order valence-corrected chi connectivity index (χ2v) is 3.44. The third kappa shape index (κ3) is 2.27. The van der Waals surface area contributed by atoms with E-state index in [9.17, 15) is 18.0 Å². The minimum absolute atomic E-state index is 0.297. The van der Waals surface area contributed by atoms with Gasteiger partial charge in [-0.25, -0.2) is 0 Å². The van der Waals surface area contributed by atoms with E-state index in [0.29, 0.717) is 13.1 Å². The van der Waals surface area contributed by atoms with Crippen molar-refractivity contribution < 1.29 is 18.0 Å². The summed E-state index contributed by atoms with van der Waals surface area (Å²) in [6, 6.07) is 0.792. The van der Waals surface area contributed by atoms with Crippen LogP contribution in [0.2, 0.25) is 0 Å². The van der Waals surface area contributed by atoms with Gasteiger partial charge in [0.25, 0.3) is 5.91 Å². The Morgan fingerprint density at radius 3 is 2.76 bits per heavy atom. The van der Waals surface area contributed by atoms with Crippen LogP contribution >= 0.6 is 0 Å². The third-order valence-electron chi connectivity index (χ3n) is 2.31. The molecule has 1 amide bonds. The molecule has 0 N–H and O–H groups in total. The van der Waals surface area contributed by atoms with Crippen molar-refractivity contribution in [3.63, 3.8) is 0 Å². The molecular weight excluding hydrogens is 235 g/mol. The second-order valence-electron chi connectivity index (χ2n) is 3.44. The van der Waals surface area contributed by atoms with Gasteiger partial charge in [0.1, 0.15) is 0 Å². The highest BCUT2D eigenvalue weighted by atomic mass is 19.4. The molecule has 17 heavy (non-hydrogen) atoms. The number of amides is 1. The smallest absolute Gasteiger partial charge is 0.297 e. The summed E-state index contributed by atoms with van der Waals surface area (Å²) in [6.07, 6.45) is -1.38. The van der Waals surface area contributed by atoms with Crippen LogP contribution in [-0.4, -0.2) is 35.2 Å². The molecule has 1 aliphatic rings. The van der Waals surface area contributed by atoms with Crippen LogP contribution in [0.3, 0.4) is 0 Å². The monoisotopic (exact) mass is 243 g/mol. The molecule has 0 unspecified atom stereocenters. The summed E-state index contributed by atoms with van der Waals surface area (Å²) in [4.78, 5) is 20.3. The Kier molecular flexibility index (Phi) is 2.83. The van der Waals surface area contributed by atoms with Gasteiger partial charge < -0.3 is 0 Å². The van der Waals surface area contributed by atoms with Crippen molar-refractivity contribution in [2.75, 3.05) is 13.1 Å². The van der Waals surface area contributed by atoms with Gasteiger partial charge in [-0.3, -0.25) is 19.7 Å². The van der Waals surface area contributed by atoms with Crippen molar-refractivity contribution >= 4 is 12.2 Å². The fraction of sp³-hybridized carbons (Fsp3) is 0.300. The number of hydrogen-bond donors (Lipinski definition) is 0. The van der Waals surface area contributed by atoms with E-state index < -0.39 is 23.2 Å². The SMILES string of the molecule is O=C(c1cnccc1C(F)(F)F)N1C=NCC1. The highest BCUT2D eigenvalue weighted by Crippen LogP contribution is 2.31. The number of hydrogen-bond acceptors (Lipinski definition) is 3. The first-order valence-electron chi connectivity index (χ1n) is 4.82. The molecule has 1 aromatic rings. The molecule has 0 aliphatic carbocycles. The fourth-order valence-corrected chi connectivity index (χ4v) is 1.50. The van der Waals surface area contributed by atoms with Crippen LogP contribution in [0.25, 0.3) is 0 Å². The molecule has 4 nitrogen and oxygen atoms in total. The van der Waals surface area contributed by atoms with E-state index in [2.05, 4.69) is 9.98 Å². The lowest BCUT2D eigenvalue weighted by atomic mass is 10.1. The van der Waals surface area contributed by atoms with Gasteiger partial charge >= 0.3 is 6.18 Å². The summed E-state index contributed by atoms with van der Waals surface area (Å²) in [5, 5.41) is 0. The average molecular weight is 243 g/mol. The molecule has 0 atom stereocenters. The number of carbonyl (C=O) groups is 1. The molecule has 1 aromatic heterocycles. The van der Waals surface area contributed by atoms with E-state index in [1.54, 1.807) is 0 Å². The molecule has 0 aromatic carbocycles. The average Bonchev–Trinajstić information content (AvgIpc) is 2.80. The second kappa shape index (κ2) is 4.15. The van der Waals surface area contributed by atoms with Crippen LogP contribution in [0.5, 0.6) is 0 Å². The maximum absolute atomic E-state index is 12.7. The van der Waals surface area contributed by atoms with Gasteiger partial charge in [-0.15, -0.1) is 0 Å². The van der Waals surface area contributed by atoms with Crippen molar-refractivity contribution in [3.8, 4) is 0 Å². The van der Waals surface area contributed by atoms with Crippen molar-refractivity contribution in [2.45, 2.75) is 6.18 Å². The van der Waals surface area contributed by atoms with Crippen LogP contribution in [0.4, 0.5) is 13.2 Å². The number of aliphatic imine (C=N–C) groups is 1. The lowest BCUT2D eigenvalue weighted by Gasteiger charge is -2.15. The first-order valence-corrected chi connectivity index (χ1v) is 4.82. The number of halogens is 3. The summed E-state index contributed by atoms with van der Waals surface area (Å²) < 4.78 is 38.0. The predicted octanol–water partition coefficient (Wildman–Crippen LogP) is 1.58. The van der Waals surface area contributed by atoms with E-state index >= 15 is 0 Å². The van der Waals surface area contributed by atoms with E-state index in [-0.39, 0.29) is 0 Å². The van der Waals surface area contributed by atoms with Crippen LogP contribution < -0.4 is 0 Å². The number of rotatable bonds is 1. The molecule has 90 valence electrons. The molecule has 2 rings (SSSR count). The number of aromatic nitrogens is 1. The summed E-state index contributed by atoms with van der Waals surface area (Å²) in [6.45, 7) is 0.707. The Morgan fingerprint density at radius 2 is 2.18 bits per heavy atom. The standard InChI is InChI=1S/C10H8F3N3O/c11-10(12,13)8-1-2-14-5-7(8)9(17)16-4-3-15-6-16/h1-2,5-6H,3-4H2. The predicted molar refractivity (Wildman–Crippen MR) is 53.6 cm³/mol. The Labute approximate surface area is 94.8 Å². The summed E-state index contributed by atoms with van der Waals surface area (Å²) in [5.41, 5.74) is -1.42. The molecule has 0 spiro atoms. The van der Waals surface area contributed by atoms with Gasteiger partial charge in [-0.2, -0.15) is 13.2 Å². The summed E-state index contributed by atoms with van der Waals surface area (Å²) >= 11 is 0. The molecule has 0 bridgehead atoms. The maximum atomic E-state index is 12.7. The highest BCUT2D eigenvalue weighted by Gasteiger charge is 2.36. The Bertz CT molecular complexity index is 470. The minimum Gasteiger partial charge on any atom is -0.297 e. The first kappa shape index (κ1) is 11.6. The van der Waals surface area contributed by atoms with Crippen molar-refractivity contribution in [2.24, 2.45) is 4.99 Å². The van der Waals surface area contributed by atoms with Gasteiger partial charge in [0, 0.05) is 18.9 Å². The molecule has 0 fully saturated rings. The maximum Gasteiger partial charge on any atom is 0.417 e. The van der Waals surface area contributed by atoms with Gasteiger partial charge in [-0.05, 0) is 6.07 Å². The molecule has 2 heterocycles. The molecule has 0 radical (unpaired) electrons. The Hall–Kier alpha value is -1.92. The van der Waals surface area contributed by atoms with E-state index in [0.717, 1.165) is 23.4 Å². The van der Waals surface area contributed by atoms with Crippen molar-refractivity contribution in [1.82, 2.24) is 9.88 Å². The van der Waals surface area contributed by atoms with E-state index in [1.165, 1.54) is 6.34 Å². The zero-order valence-corrected chi connectivity index (χ0v) is 8.61. The third-order valence-corrected chi connectivity index (χ3v) is 2.31. The highest BCUT2D eigenvalue weighted by molar-refractivity contribution is 6.02. The molecular formula is C10H8F3N3O. The van der Waals surface area contributed by atoms with Crippen molar-refractivity contribution in [1.29, 1.82) is 0 Å². The van der Waals surface area contributed by atoms with Gasteiger partial charge in [0.05, 0.1) is 24.0 Å². The summed E-state index contributed by atoms with van der Waals surface area (Å²) in [5.74, 6) is -0.730. The molecule has 7 heteroatoms. The van der Waals surface area contributed by atoms with Crippen LogP contribution in [0, 0.1) is 0 Å². The Morgan fingerprint density at radius 1 is 1.41 bits per heavy atom. The largest absolute Gasteiger partial charge is 0.417 e. The van der Waals surface area contributed by atoms with Gasteiger partial charge in [-0.1, -0.05) is 0 Å². The zero-order valence-electron chi connectivity index (χ0n) is 8.61. The number of alkyl halides is 3. The first-order chi connectivity index (χ1) is 8.00. The fourth-order valence-electron chi connectivity index (χ4n) is 1.50. The zero-order chi connectivity index (χ0) is 12.5. The van der Waals surface area contributed by atoms with E-state index in [4.69, 9.17) is 0 Å². The number of nitrogens with zero attached hydrogens (tertiary/aromatic N) is 3. The molecule has 1 aliphatic heterocycles. The van der Waals surface area contributed by atoms with Gasteiger partial charge in [0.2, 0.25) is 0 Å².